The van der Waals surface area contributed by atoms with Crippen molar-refractivity contribution in [1.29, 1.82) is 0 Å². The van der Waals surface area contributed by atoms with Crippen LogP contribution in [-0.4, -0.2) is 11.9 Å². The van der Waals surface area contributed by atoms with Crippen molar-refractivity contribution in [3.8, 4) is 0 Å². The molecule has 1 aromatic rings. The van der Waals surface area contributed by atoms with Crippen LogP contribution in [0.1, 0.15) is 36.0 Å². The zero-order chi connectivity index (χ0) is 11.5. The Hall–Kier alpha value is -0.350. The maximum Gasteiger partial charge on any atom is 0.252 e. The first-order valence-corrected chi connectivity index (χ1v) is 7.01. The van der Waals surface area contributed by atoms with Gasteiger partial charge in [-0.2, -0.15) is 0 Å². The number of nitrogens with one attached hydrogen (secondary N) is 1. The van der Waals surface area contributed by atoms with Gasteiger partial charge in [0.1, 0.15) is 0 Å². The summed E-state index contributed by atoms with van der Waals surface area (Å²) in [4.78, 5) is 12.0. The summed E-state index contributed by atoms with van der Waals surface area (Å²) in [5.74, 6) is 0.0140. The molecule has 0 aliphatic heterocycles. The molecule has 0 radical (unpaired) electrons. The molecule has 1 saturated carbocycles. The van der Waals surface area contributed by atoms with Crippen LogP contribution >= 0.6 is 31.9 Å². The van der Waals surface area contributed by atoms with E-state index < -0.39 is 0 Å². The smallest absolute Gasteiger partial charge is 0.252 e. The van der Waals surface area contributed by atoms with E-state index in [1.54, 1.807) is 0 Å². The molecule has 0 heterocycles. The van der Waals surface area contributed by atoms with Gasteiger partial charge in [0.25, 0.3) is 5.91 Å². The summed E-state index contributed by atoms with van der Waals surface area (Å²) in [5, 5.41) is 3.07. The molecule has 1 aliphatic rings. The summed E-state index contributed by atoms with van der Waals surface area (Å²) in [6, 6.07) is 6.00. The largest absolute Gasteiger partial charge is 0.349 e. The molecule has 86 valence electrons. The van der Waals surface area contributed by atoms with E-state index in [0.717, 1.165) is 21.8 Å². The summed E-state index contributed by atoms with van der Waals surface area (Å²) in [6.45, 7) is 0. The number of rotatable bonds is 2. The number of halogens is 2. The lowest BCUT2D eigenvalue weighted by Crippen LogP contribution is -2.32. The minimum absolute atomic E-state index is 0.0140. The van der Waals surface area contributed by atoms with E-state index in [2.05, 4.69) is 37.2 Å². The second-order valence-electron chi connectivity index (χ2n) is 4.08. The molecule has 0 saturated heterocycles. The molecule has 1 aliphatic carbocycles. The van der Waals surface area contributed by atoms with Crippen molar-refractivity contribution in [3.63, 3.8) is 0 Å². The fraction of sp³-hybridized carbons (Fsp3) is 0.417. The van der Waals surface area contributed by atoms with Crippen LogP contribution in [0.5, 0.6) is 0 Å². The highest BCUT2D eigenvalue weighted by Crippen LogP contribution is 2.23. The number of carbonyl (C=O) groups excluding carboxylic acids is 1. The summed E-state index contributed by atoms with van der Waals surface area (Å²) in [6.07, 6.45) is 4.67. The molecule has 2 rings (SSSR count). The lowest BCUT2D eigenvalue weighted by molar-refractivity contribution is 0.0937. The van der Waals surface area contributed by atoms with Crippen LogP contribution in [0.15, 0.2) is 27.1 Å². The first kappa shape index (κ1) is 12.1. The SMILES string of the molecule is O=C(NC1CCCC1)c1cc(Br)ccc1Br. The average molecular weight is 347 g/mol. The lowest BCUT2D eigenvalue weighted by atomic mass is 10.2. The number of benzene rings is 1. The van der Waals surface area contributed by atoms with Crippen LogP contribution in [0.25, 0.3) is 0 Å². The Kier molecular flexibility index (Phi) is 4.03. The highest BCUT2D eigenvalue weighted by atomic mass is 79.9. The molecule has 0 aromatic heterocycles. The van der Waals surface area contributed by atoms with Crippen molar-refractivity contribution in [2.24, 2.45) is 0 Å². The Morgan fingerprint density at radius 2 is 1.94 bits per heavy atom. The standard InChI is InChI=1S/C12H13Br2NO/c13-8-5-6-11(14)10(7-8)12(16)15-9-3-1-2-4-9/h5-7,9H,1-4H2,(H,15,16). The van der Waals surface area contributed by atoms with Gasteiger partial charge in [-0.05, 0) is 47.0 Å². The quantitative estimate of drug-likeness (QED) is 0.864. The zero-order valence-electron chi connectivity index (χ0n) is 8.80. The second-order valence-corrected chi connectivity index (χ2v) is 5.85. The second kappa shape index (κ2) is 5.32. The highest BCUT2D eigenvalue weighted by molar-refractivity contribution is 9.11. The van der Waals surface area contributed by atoms with Gasteiger partial charge in [0, 0.05) is 15.0 Å². The van der Waals surface area contributed by atoms with Crippen molar-refractivity contribution in [3.05, 3.63) is 32.7 Å². The van der Waals surface area contributed by atoms with E-state index in [0.29, 0.717) is 11.6 Å². The van der Waals surface area contributed by atoms with E-state index in [1.165, 1.54) is 12.8 Å². The maximum atomic E-state index is 12.0. The summed E-state index contributed by atoms with van der Waals surface area (Å²) < 4.78 is 1.76. The van der Waals surface area contributed by atoms with Gasteiger partial charge in [-0.1, -0.05) is 28.8 Å². The molecule has 1 amide bonds. The van der Waals surface area contributed by atoms with Crippen LogP contribution < -0.4 is 5.32 Å². The van der Waals surface area contributed by atoms with Crippen molar-refractivity contribution < 1.29 is 4.79 Å². The molecular formula is C12H13Br2NO. The zero-order valence-corrected chi connectivity index (χ0v) is 12.0. The molecule has 0 unspecified atom stereocenters. The maximum absolute atomic E-state index is 12.0. The summed E-state index contributed by atoms with van der Waals surface area (Å²) in [5.41, 5.74) is 0.696. The van der Waals surface area contributed by atoms with Crippen LogP contribution in [0.4, 0.5) is 0 Å². The summed E-state index contributed by atoms with van der Waals surface area (Å²) in [7, 11) is 0. The number of hydrogen-bond donors (Lipinski definition) is 1. The molecule has 4 heteroatoms. The average Bonchev–Trinajstić information content (AvgIpc) is 2.74. The Balaban J connectivity index is 2.10. The molecule has 0 spiro atoms. The van der Waals surface area contributed by atoms with Crippen LogP contribution in [-0.2, 0) is 0 Å². The lowest BCUT2D eigenvalue weighted by Gasteiger charge is -2.12. The highest BCUT2D eigenvalue weighted by Gasteiger charge is 2.19. The van der Waals surface area contributed by atoms with E-state index in [-0.39, 0.29) is 5.91 Å². The van der Waals surface area contributed by atoms with E-state index in [4.69, 9.17) is 0 Å². The molecule has 2 nitrogen and oxygen atoms in total. The van der Waals surface area contributed by atoms with Gasteiger partial charge in [0.15, 0.2) is 0 Å². The van der Waals surface area contributed by atoms with Crippen LogP contribution in [0, 0.1) is 0 Å². The van der Waals surface area contributed by atoms with Crippen LogP contribution in [0.3, 0.4) is 0 Å². The van der Waals surface area contributed by atoms with Crippen molar-refractivity contribution >= 4 is 37.8 Å². The fourth-order valence-corrected chi connectivity index (χ4v) is 2.79. The minimum Gasteiger partial charge on any atom is -0.349 e. The van der Waals surface area contributed by atoms with Crippen molar-refractivity contribution in [1.82, 2.24) is 5.32 Å². The van der Waals surface area contributed by atoms with Crippen molar-refractivity contribution in [2.75, 3.05) is 0 Å². The van der Waals surface area contributed by atoms with E-state index in [1.807, 2.05) is 18.2 Å². The Labute approximate surface area is 112 Å². The molecular weight excluding hydrogens is 334 g/mol. The molecule has 16 heavy (non-hydrogen) atoms. The predicted molar refractivity (Wildman–Crippen MR) is 71.6 cm³/mol. The van der Waals surface area contributed by atoms with Gasteiger partial charge in [0.05, 0.1) is 5.56 Å². The number of carbonyl (C=O) groups is 1. The Morgan fingerprint density at radius 3 is 2.62 bits per heavy atom. The van der Waals surface area contributed by atoms with Gasteiger partial charge in [-0.15, -0.1) is 0 Å². The number of hydrogen-bond acceptors (Lipinski definition) is 1. The van der Waals surface area contributed by atoms with Crippen LogP contribution in [0.2, 0.25) is 0 Å². The molecule has 0 atom stereocenters. The van der Waals surface area contributed by atoms with Gasteiger partial charge < -0.3 is 5.32 Å². The Morgan fingerprint density at radius 1 is 1.25 bits per heavy atom. The fourth-order valence-electron chi connectivity index (χ4n) is 2.00. The number of amides is 1. The van der Waals surface area contributed by atoms with Gasteiger partial charge >= 0.3 is 0 Å². The third-order valence-corrected chi connectivity index (χ3v) is 4.05. The van der Waals surface area contributed by atoms with Gasteiger partial charge in [0.2, 0.25) is 0 Å². The first-order chi connectivity index (χ1) is 7.66. The first-order valence-electron chi connectivity index (χ1n) is 5.43. The molecule has 0 bridgehead atoms. The van der Waals surface area contributed by atoms with Gasteiger partial charge in [-0.25, -0.2) is 0 Å². The third kappa shape index (κ3) is 2.86. The topological polar surface area (TPSA) is 29.1 Å². The normalized spacial score (nSPS) is 16.4. The molecule has 1 aromatic carbocycles. The third-order valence-electron chi connectivity index (χ3n) is 2.86. The van der Waals surface area contributed by atoms with Gasteiger partial charge in [-0.3, -0.25) is 4.79 Å². The monoisotopic (exact) mass is 345 g/mol. The Bertz CT molecular complexity index is 400. The minimum atomic E-state index is 0.0140. The molecule has 1 fully saturated rings. The van der Waals surface area contributed by atoms with E-state index >= 15 is 0 Å². The van der Waals surface area contributed by atoms with Crippen molar-refractivity contribution in [2.45, 2.75) is 31.7 Å². The summed E-state index contributed by atoms with van der Waals surface area (Å²) >= 11 is 6.78. The predicted octanol–water partition coefficient (Wildman–Crippen LogP) is 3.88. The van der Waals surface area contributed by atoms with E-state index in [9.17, 15) is 4.79 Å². The molecule has 1 N–H and O–H groups in total.